The molecule has 0 amide bonds. The fraction of sp³-hybridized carbons (Fsp3) is 0.802. The lowest BCUT2D eigenvalue weighted by Gasteiger charge is -2.21. The summed E-state index contributed by atoms with van der Waals surface area (Å²) in [6, 6.07) is 0. The molecular weight excluding hydrogens is 1310 g/mol. The summed E-state index contributed by atoms with van der Waals surface area (Å²) in [5, 5.41) is 10.6. The lowest BCUT2D eigenvalue weighted by Crippen LogP contribution is -2.30. The summed E-state index contributed by atoms with van der Waals surface area (Å²) >= 11 is 0. The Morgan fingerprint density at radius 3 is 0.820 bits per heavy atom. The quantitative estimate of drug-likeness (QED) is 0.0169. The fourth-order valence-electron chi connectivity index (χ4n) is 11.1. The average Bonchev–Trinajstić information content (AvgIpc) is 0.985. The van der Waals surface area contributed by atoms with E-state index in [1.807, 2.05) is 0 Å². The number of phosphoric acid groups is 2. The van der Waals surface area contributed by atoms with E-state index in [1.165, 1.54) is 122 Å². The van der Waals surface area contributed by atoms with Crippen molar-refractivity contribution in [2.75, 3.05) is 39.6 Å². The van der Waals surface area contributed by atoms with Crippen LogP contribution < -0.4 is 0 Å². The maximum atomic E-state index is 13.1. The zero-order valence-corrected chi connectivity index (χ0v) is 65.4. The molecule has 0 aromatic carbocycles. The fourth-order valence-corrected chi connectivity index (χ4v) is 12.6. The van der Waals surface area contributed by atoms with E-state index in [9.17, 15) is 43.2 Å². The summed E-state index contributed by atoms with van der Waals surface area (Å²) in [4.78, 5) is 72.9. The van der Waals surface area contributed by atoms with Crippen LogP contribution in [0.25, 0.3) is 0 Å². The van der Waals surface area contributed by atoms with E-state index in [4.69, 9.17) is 37.0 Å². The highest BCUT2D eigenvalue weighted by Crippen LogP contribution is 2.45. The van der Waals surface area contributed by atoms with Crippen LogP contribution in [0.15, 0.2) is 72.9 Å². The molecule has 0 aliphatic carbocycles. The van der Waals surface area contributed by atoms with Crippen molar-refractivity contribution in [1.82, 2.24) is 0 Å². The molecule has 100 heavy (non-hydrogen) atoms. The van der Waals surface area contributed by atoms with Crippen molar-refractivity contribution in [3.8, 4) is 0 Å². The van der Waals surface area contributed by atoms with E-state index < -0.39 is 97.5 Å². The zero-order valence-electron chi connectivity index (χ0n) is 63.6. The monoisotopic (exact) mass is 1450 g/mol. The van der Waals surface area contributed by atoms with Gasteiger partial charge in [-0.1, -0.05) is 312 Å². The molecule has 0 aromatic rings. The SMILES string of the molecule is CC/C=C\C/C=C\C/C=C\C/C=C\CCCCCCCCC(=O)OCC(COP(=O)(O)OCC(O)COP(=O)(O)OCC(COC(=O)CCCCCCC/C=C\C/C=C\CCCCC)OC(=O)CCCCCCCCCCCCC)OC(=O)CCCCCCCCCCCCCCCCC. The lowest BCUT2D eigenvalue weighted by atomic mass is 10.0. The van der Waals surface area contributed by atoms with E-state index >= 15 is 0 Å². The molecule has 0 aliphatic heterocycles. The van der Waals surface area contributed by atoms with Gasteiger partial charge < -0.3 is 33.8 Å². The van der Waals surface area contributed by atoms with E-state index in [2.05, 4.69) is 101 Å². The minimum Gasteiger partial charge on any atom is -0.462 e. The predicted octanol–water partition coefficient (Wildman–Crippen LogP) is 23.2. The molecule has 0 radical (unpaired) electrons. The number of carbonyl (C=O) groups is 4. The first kappa shape index (κ1) is 96.5. The van der Waals surface area contributed by atoms with Crippen molar-refractivity contribution in [1.29, 1.82) is 0 Å². The number of hydrogen-bond acceptors (Lipinski definition) is 15. The second kappa shape index (κ2) is 73.8. The van der Waals surface area contributed by atoms with Gasteiger partial charge in [0, 0.05) is 25.7 Å². The van der Waals surface area contributed by atoms with Gasteiger partial charge in [0.25, 0.3) is 0 Å². The molecular formula is C81H146O17P2. The molecule has 17 nitrogen and oxygen atoms in total. The number of allylic oxidation sites excluding steroid dienone is 12. The topological polar surface area (TPSA) is 237 Å². The van der Waals surface area contributed by atoms with Gasteiger partial charge in [-0.3, -0.25) is 37.3 Å². The Hall–Kier alpha value is -3.50. The molecule has 0 spiro atoms. The largest absolute Gasteiger partial charge is 0.472 e. The van der Waals surface area contributed by atoms with Crippen molar-refractivity contribution in [2.24, 2.45) is 0 Å². The highest BCUT2D eigenvalue weighted by atomic mass is 31.2. The van der Waals surface area contributed by atoms with Gasteiger partial charge in [-0.25, -0.2) is 9.13 Å². The molecule has 0 aromatic heterocycles. The molecule has 0 saturated heterocycles. The van der Waals surface area contributed by atoms with Gasteiger partial charge in [-0.15, -0.1) is 0 Å². The number of hydrogen-bond donors (Lipinski definition) is 3. The summed E-state index contributed by atoms with van der Waals surface area (Å²) in [7, 11) is -9.94. The highest BCUT2D eigenvalue weighted by Gasteiger charge is 2.30. The molecule has 0 bridgehead atoms. The highest BCUT2D eigenvalue weighted by molar-refractivity contribution is 7.47. The summed E-state index contributed by atoms with van der Waals surface area (Å²) in [6.07, 6.45) is 74.5. The zero-order chi connectivity index (χ0) is 73.2. The average molecular weight is 1450 g/mol. The molecule has 3 N–H and O–H groups in total. The Labute approximate surface area is 609 Å². The van der Waals surface area contributed by atoms with E-state index in [-0.39, 0.29) is 25.7 Å². The molecule has 5 unspecified atom stereocenters. The molecule has 0 aliphatic rings. The van der Waals surface area contributed by atoms with Crippen LogP contribution in [0.2, 0.25) is 0 Å². The van der Waals surface area contributed by atoms with Crippen LogP contribution >= 0.6 is 15.6 Å². The van der Waals surface area contributed by atoms with Crippen molar-refractivity contribution in [3.05, 3.63) is 72.9 Å². The van der Waals surface area contributed by atoms with Crippen LogP contribution in [0.5, 0.6) is 0 Å². The number of esters is 4. The Morgan fingerprint density at radius 1 is 0.290 bits per heavy atom. The van der Waals surface area contributed by atoms with E-state index in [0.717, 1.165) is 161 Å². The standard InChI is InChI=1S/C81H146O17P2/c1-5-9-13-17-21-25-29-32-35-36-37-38-41-43-47-50-54-58-62-66-79(84)92-72-77(98-81(86)68-64-60-56-52-48-44-40-34-31-27-23-19-15-11-7-3)74-96-100(89,90)94-70-75(82)69-93-99(87,88)95-73-76(97-80(85)67-63-59-55-51-45-28-24-20-16-12-8-4)71-91-78(83)65-61-57-53-49-46-42-39-33-30-26-22-18-14-10-6-2/h9,13,21-22,25-26,32-33,35,37-39,75-77,82H,5-8,10-12,14-20,23-24,27-31,34,36,40-74H2,1-4H3,(H,87,88)(H,89,90)/b13-9-,25-21-,26-22-,35-32-,38-37-,39-33-. The van der Waals surface area contributed by atoms with Gasteiger partial charge in [0.1, 0.15) is 19.3 Å². The Kier molecular flexibility index (Phi) is 71.2. The number of unbranched alkanes of at least 4 members (excludes halogenated alkanes) is 38. The number of ether oxygens (including phenoxy) is 4. The number of carbonyl (C=O) groups excluding carboxylic acids is 4. The van der Waals surface area contributed by atoms with Crippen molar-refractivity contribution in [3.63, 3.8) is 0 Å². The minimum atomic E-state index is -4.97. The summed E-state index contributed by atoms with van der Waals surface area (Å²) in [5.41, 5.74) is 0. The Morgan fingerprint density at radius 2 is 0.520 bits per heavy atom. The number of aliphatic hydroxyl groups is 1. The Bertz CT molecular complexity index is 2180. The molecule has 0 heterocycles. The summed E-state index contributed by atoms with van der Waals surface area (Å²) in [5.74, 6) is -2.17. The van der Waals surface area contributed by atoms with Gasteiger partial charge in [0.05, 0.1) is 26.4 Å². The molecule has 0 rings (SSSR count). The Balaban J connectivity index is 5.31. The maximum Gasteiger partial charge on any atom is 0.472 e. The van der Waals surface area contributed by atoms with Gasteiger partial charge in [0.15, 0.2) is 12.2 Å². The first-order valence-corrected chi connectivity index (χ1v) is 43.2. The van der Waals surface area contributed by atoms with Crippen molar-refractivity contribution >= 4 is 39.5 Å². The van der Waals surface area contributed by atoms with E-state index in [1.54, 1.807) is 0 Å². The summed E-state index contributed by atoms with van der Waals surface area (Å²) in [6.45, 7) is 4.77. The third kappa shape index (κ3) is 72.8. The maximum absolute atomic E-state index is 13.1. The predicted molar refractivity (Wildman–Crippen MR) is 409 cm³/mol. The number of rotatable bonds is 76. The second-order valence-electron chi connectivity index (χ2n) is 27.0. The molecule has 5 atom stereocenters. The molecule has 0 fully saturated rings. The van der Waals surface area contributed by atoms with Crippen LogP contribution in [0, 0.1) is 0 Å². The molecule has 19 heteroatoms. The van der Waals surface area contributed by atoms with E-state index in [0.29, 0.717) is 25.7 Å². The first-order valence-electron chi connectivity index (χ1n) is 40.2. The molecule has 0 saturated carbocycles. The first-order chi connectivity index (χ1) is 48.7. The minimum absolute atomic E-state index is 0.0972. The van der Waals surface area contributed by atoms with Gasteiger partial charge in [-0.2, -0.15) is 0 Å². The third-order valence-corrected chi connectivity index (χ3v) is 19.1. The van der Waals surface area contributed by atoms with Crippen LogP contribution in [-0.2, 0) is 65.4 Å². The van der Waals surface area contributed by atoms with Gasteiger partial charge in [0.2, 0.25) is 0 Å². The molecule has 582 valence electrons. The van der Waals surface area contributed by atoms with Crippen LogP contribution in [0.4, 0.5) is 0 Å². The van der Waals surface area contributed by atoms with Crippen molar-refractivity contribution < 1.29 is 80.2 Å². The second-order valence-corrected chi connectivity index (χ2v) is 29.9. The van der Waals surface area contributed by atoms with Gasteiger partial charge in [-0.05, 0) is 96.3 Å². The van der Waals surface area contributed by atoms with Crippen molar-refractivity contribution in [2.45, 2.75) is 380 Å². The number of aliphatic hydroxyl groups excluding tert-OH is 1. The van der Waals surface area contributed by atoms with Crippen LogP contribution in [0.3, 0.4) is 0 Å². The summed E-state index contributed by atoms with van der Waals surface area (Å²) < 4.78 is 68.6. The smallest absolute Gasteiger partial charge is 0.462 e. The van der Waals surface area contributed by atoms with Crippen LogP contribution in [-0.4, -0.2) is 96.7 Å². The van der Waals surface area contributed by atoms with Gasteiger partial charge >= 0.3 is 39.5 Å². The normalized spacial score (nSPS) is 14.3. The van der Waals surface area contributed by atoms with Crippen LogP contribution in [0.1, 0.15) is 362 Å². The lowest BCUT2D eigenvalue weighted by molar-refractivity contribution is -0.161. The third-order valence-electron chi connectivity index (χ3n) is 17.2. The number of phosphoric ester groups is 2.